The van der Waals surface area contributed by atoms with Gasteiger partial charge in [0, 0.05) is 42.5 Å². The van der Waals surface area contributed by atoms with E-state index in [1.165, 1.54) is 28.6 Å². The first-order valence-corrected chi connectivity index (χ1v) is 11.1. The van der Waals surface area contributed by atoms with E-state index in [4.69, 9.17) is 5.73 Å². The van der Waals surface area contributed by atoms with Gasteiger partial charge in [-0.3, -0.25) is 14.9 Å². The molecule has 160 valence electrons. The lowest BCUT2D eigenvalue weighted by atomic mass is 10.1. The first kappa shape index (κ1) is 21.7. The number of rotatable bonds is 7. The van der Waals surface area contributed by atoms with Crippen LogP contribution in [0.2, 0.25) is 0 Å². The van der Waals surface area contributed by atoms with E-state index in [1.54, 1.807) is 12.1 Å². The highest BCUT2D eigenvalue weighted by molar-refractivity contribution is 7.89. The lowest BCUT2D eigenvalue weighted by Crippen LogP contribution is -2.31. The Morgan fingerprint density at radius 1 is 1.07 bits per heavy atom. The number of hydrogen-bond acceptors (Lipinski definition) is 6. The molecule has 2 aromatic rings. The lowest BCUT2D eigenvalue weighted by molar-refractivity contribution is -0.385. The summed E-state index contributed by atoms with van der Waals surface area (Å²) >= 11 is 0. The first-order chi connectivity index (χ1) is 14.3. The number of nitrogens with one attached hydrogen (secondary N) is 1. The minimum Gasteiger partial charge on any atom is -0.381 e. The average molecular weight is 433 g/mol. The summed E-state index contributed by atoms with van der Waals surface area (Å²) in [5, 5.41) is 14.3. The van der Waals surface area contributed by atoms with E-state index in [-0.39, 0.29) is 22.7 Å². The van der Waals surface area contributed by atoms with Crippen molar-refractivity contribution >= 4 is 27.3 Å². The molecule has 2 aromatic carbocycles. The van der Waals surface area contributed by atoms with Crippen molar-refractivity contribution < 1.29 is 18.1 Å². The second-order valence-electron chi connectivity index (χ2n) is 7.16. The highest BCUT2D eigenvalue weighted by Crippen LogP contribution is 2.24. The average Bonchev–Trinajstić information content (AvgIpc) is 3.02. The molecule has 0 radical (unpaired) electrons. The summed E-state index contributed by atoms with van der Waals surface area (Å²) in [6, 6.07) is 10.4. The minimum atomic E-state index is -3.53. The quantitative estimate of drug-likeness (QED) is 0.510. The van der Waals surface area contributed by atoms with Crippen molar-refractivity contribution in [1.82, 2.24) is 4.31 Å². The fourth-order valence-electron chi connectivity index (χ4n) is 3.41. The standard InChI is InChI=1S/C20H24N4O5S/c21-20(25)15-5-6-16(19(13-15)24(26)27)14-22-17-7-9-18(10-8-17)30(28,29)23-11-3-1-2-4-12-23/h5-10,13,22H,1-4,11-12,14H2,(H2,21,25). The summed E-state index contributed by atoms with van der Waals surface area (Å²) in [7, 11) is -3.53. The number of carbonyl (C=O) groups is 1. The van der Waals surface area contributed by atoms with Gasteiger partial charge in [0.1, 0.15) is 0 Å². The van der Waals surface area contributed by atoms with Gasteiger partial charge in [0.25, 0.3) is 5.69 Å². The molecule has 1 amide bonds. The van der Waals surface area contributed by atoms with Gasteiger partial charge in [-0.1, -0.05) is 12.8 Å². The van der Waals surface area contributed by atoms with Gasteiger partial charge in [0.05, 0.1) is 9.82 Å². The maximum atomic E-state index is 12.8. The molecule has 1 heterocycles. The van der Waals surface area contributed by atoms with E-state index in [1.807, 2.05) is 0 Å². The van der Waals surface area contributed by atoms with Crippen molar-refractivity contribution in [1.29, 1.82) is 0 Å². The molecule has 1 fully saturated rings. The molecule has 1 saturated heterocycles. The molecule has 9 nitrogen and oxygen atoms in total. The van der Waals surface area contributed by atoms with Crippen LogP contribution in [0.4, 0.5) is 11.4 Å². The number of nitro groups is 1. The summed E-state index contributed by atoms with van der Waals surface area (Å²) in [4.78, 5) is 22.2. The number of nitrogens with two attached hydrogens (primary N) is 1. The number of amides is 1. The van der Waals surface area contributed by atoms with Crippen molar-refractivity contribution in [2.75, 3.05) is 18.4 Å². The summed E-state index contributed by atoms with van der Waals surface area (Å²) in [6.45, 7) is 1.20. The Morgan fingerprint density at radius 3 is 2.27 bits per heavy atom. The topological polar surface area (TPSA) is 136 Å². The molecule has 1 aliphatic rings. The van der Waals surface area contributed by atoms with Crippen LogP contribution < -0.4 is 11.1 Å². The molecule has 0 spiro atoms. The molecule has 1 aliphatic heterocycles. The van der Waals surface area contributed by atoms with Crippen LogP contribution in [0.1, 0.15) is 41.6 Å². The largest absolute Gasteiger partial charge is 0.381 e. The third kappa shape index (κ3) is 4.95. The maximum Gasteiger partial charge on any atom is 0.275 e. The van der Waals surface area contributed by atoms with Gasteiger partial charge in [-0.25, -0.2) is 8.42 Å². The molecule has 3 rings (SSSR count). The van der Waals surface area contributed by atoms with Gasteiger partial charge < -0.3 is 11.1 Å². The van der Waals surface area contributed by atoms with E-state index in [0.717, 1.165) is 31.7 Å². The van der Waals surface area contributed by atoms with Crippen LogP contribution >= 0.6 is 0 Å². The molecule has 0 bridgehead atoms. The first-order valence-electron chi connectivity index (χ1n) is 9.70. The third-order valence-corrected chi connectivity index (χ3v) is 7.02. The van der Waals surface area contributed by atoms with Crippen LogP contribution in [-0.2, 0) is 16.6 Å². The fraction of sp³-hybridized carbons (Fsp3) is 0.350. The number of anilines is 1. The highest BCUT2D eigenvalue weighted by atomic mass is 32.2. The molecule has 10 heteroatoms. The van der Waals surface area contributed by atoms with Crippen LogP contribution in [0, 0.1) is 10.1 Å². The number of nitro benzene ring substituents is 1. The molecule has 0 aliphatic carbocycles. The summed E-state index contributed by atoms with van der Waals surface area (Å²) < 4.78 is 27.2. The zero-order valence-corrected chi connectivity index (χ0v) is 17.2. The maximum absolute atomic E-state index is 12.8. The highest BCUT2D eigenvalue weighted by Gasteiger charge is 2.25. The molecule has 0 aromatic heterocycles. The zero-order chi connectivity index (χ0) is 21.7. The van der Waals surface area contributed by atoms with Crippen LogP contribution in [-0.4, -0.2) is 36.6 Å². The van der Waals surface area contributed by atoms with Gasteiger partial charge in [0.15, 0.2) is 0 Å². The molecule has 30 heavy (non-hydrogen) atoms. The molecular formula is C20H24N4O5S. The predicted octanol–water partition coefficient (Wildman–Crippen LogP) is 2.87. The van der Waals surface area contributed by atoms with E-state index in [0.29, 0.717) is 24.3 Å². The van der Waals surface area contributed by atoms with Gasteiger partial charge in [-0.05, 0) is 49.2 Å². The Bertz CT molecular complexity index is 1030. The monoisotopic (exact) mass is 432 g/mol. The van der Waals surface area contributed by atoms with E-state index in [2.05, 4.69) is 5.32 Å². The Morgan fingerprint density at radius 2 is 1.70 bits per heavy atom. The van der Waals surface area contributed by atoms with Crippen molar-refractivity contribution in [3.63, 3.8) is 0 Å². The second-order valence-corrected chi connectivity index (χ2v) is 9.10. The van der Waals surface area contributed by atoms with E-state index in [9.17, 15) is 23.3 Å². The zero-order valence-electron chi connectivity index (χ0n) is 16.4. The SMILES string of the molecule is NC(=O)c1ccc(CNc2ccc(S(=O)(=O)N3CCCCCC3)cc2)c([N+](=O)[O-])c1. The van der Waals surface area contributed by atoms with Crippen molar-refractivity contribution in [3.05, 3.63) is 63.7 Å². The third-order valence-electron chi connectivity index (χ3n) is 5.11. The molecule has 0 atom stereocenters. The number of sulfonamides is 1. The molecular weight excluding hydrogens is 408 g/mol. The van der Waals surface area contributed by atoms with Gasteiger partial charge in [0.2, 0.25) is 15.9 Å². The molecule has 3 N–H and O–H groups in total. The smallest absolute Gasteiger partial charge is 0.275 e. The Kier molecular flexibility index (Phi) is 6.68. The Labute approximate surface area is 175 Å². The Balaban J connectivity index is 1.72. The van der Waals surface area contributed by atoms with Crippen LogP contribution in [0.3, 0.4) is 0 Å². The number of nitrogens with zero attached hydrogens (tertiary/aromatic N) is 2. The van der Waals surface area contributed by atoms with Gasteiger partial charge in [-0.2, -0.15) is 4.31 Å². The lowest BCUT2D eigenvalue weighted by Gasteiger charge is -2.20. The van der Waals surface area contributed by atoms with Crippen LogP contribution in [0.25, 0.3) is 0 Å². The van der Waals surface area contributed by atoms with Crippen LogP contribution in [0.15, 0.2) is 47.4 Å². The van der Waals surface area contributed by atoms with Crippen molar-refractivity contribution in [2.24, 2.45) is 5.73 Å². The summed E-state index contributed by atoms with van der Waals surface area (Å²) in [6.07, 6.45) is 3.82. The van der Waals surface area contributed by atoms with E-state index < -0.39 is 20.9 Å². The normalized spacial score (nSPS) is 15.3. The summed E-state index contributed by atoms with van der Waals surface area (Å²) in [5.41, 5.74) is 6.04. The second kappa shape index (κ2) is 9.23. The number of primary amides is 1. The van der Waals surface area contributed by atoms with Gasteiger partial charge in [-0.15, -0.1) is 0 Å². The van der Waals surface area contributed by atoms with E-state index >= 15 is 0 Å². The Hall–Kier alpha value is -2.98. The van der Waals surface area contributed by atoms with Crippen molar-refractivity contribution in [3.8, 4) is 0 Å². The van der Waals surface area contributed by atoms with Crippen LogP contribution in [0.5, 0.6) is 0 Å². The molecule has 0 saturated carbocycles. The van der Waals surface area contributed by atoms with Gasteiger partial charge >= 0.3 is 0 Å². The molecule has 0 unspecified atom stereocenters. The predicted molar refractivity (Wildman–Crippen MR) is 113 cm³/mol. The minimum absolute atomic E-state index is 0.0634. The number of carbonyl (C=O) groups excluding carboxylic acids is 1. The van der Waals surface area contributed by atoms with Crippen molar-refractivity contribution in [2.45, 2.75) is 37.1 Å². The number of hydrogen-bond donors (Lipinski definition) is 2. The fourth-order valence-corrected chi connectivity index (χ4v) is 4.93. The summed E-state index contributed by atoms with van der Waals surface area (Å²) in [5.74, 6) is -0.737. The number of benzene rings is 2.